The molecule has 2 rings (SSSR count). The Morgan fingerprint density at radius 3 is 2.93 bits per heavy atom. The van der Waals surface area contributed by atoms with Crippen LogP contribution in [0.25, 0.3) is 0 Å². The van der Waals surface area contributed by atoms with Crippen LogP contribution in [0.5, 0.6) is 0 Å². The van der Waals surface area contributed by atoms with Gasteiger partial charge in [0.25, 0.3) is 0 Å². The molecule has 1 aliphatic heterocycles. The molecule has 0 unspecified atom stereocenters. The van der Waals surface area contributed by atoms with E-state index in [0.29, 0.717) is 13.2 Å². The van der Waals surface area contributed by atoms with Gasteiger partial charge in [0, 0.05) is 5.56 Å². The summed E-state index contributed by atoms with van der Waals surface area (Å²) in [5, 5.41) is 0. The minimum absolute atomic E-state index is 0.0330. The fraction of sp³-hybridized carbons (Fsp3) is 0.417. The minimum atomic E-state index is 0.0330. The molecule has 0 saturated carbocycles. The van der Waals surface area contributed by atoms with Crippen LogP contribution in [0, 0.1) is 6.92 Å². The third kappa shape index (κ3) is 2.64. The minimum Gasteiger partial charge on any atom is -0.376 e. The Hall–Kier alpha value is -1.19. The van der Waals surface area contributed by atoms with Gasteiger partial charge < -0.3 is 9.47 Å². The Morgan fingerprint density at radius 2 is 2.33 bits per heavy atom. The van der Waals surface area contributed by atoms with E-state index in [1.807, 2.05) is 31.2 Å². The van der Waals surface area contributed by atoms with Gasteiger partial charge in [-0.2, -0.15) is 0 Å². The van der Waals surface area contributed by atoms with Gasteiger partial charge in [0.15, 0.2) is 5.78 Å². The highest BCUT2D eigenvalue weighted by Gasteiger charge is 2.20. The van der Waals surface area contributed by atoms with E-state index in [1.54, 1.807) is 0 Å². The van der Waals surface area contributed by atoms with Crippen molar-refractivity contribution in [3.8, 4) is 0 Å². The molecule has 1 aromatic carbocycles. The molecule has 0 bridgehead atoms. The fourth-order valence-electron chi connectivity index (χ4n) is 1.41. The zero-order valence-corrected chi connectivity index (χ0v) is 8.73. The zero-order valence-electron chi connectivity index (χ0n) is 8.73. The number of rotatable bonds is 4. The molecule has 1 aromatic rings. The quantitative estimate of drug-likeness (QED) is 0.702. The molecular weight excluding hydrogens is 192 g/mol. The molecule has 1 aliphatic rings. The van der Waals surface area contributed by atoms with Crippen LogP contribution in [-0.4, -0.2) is 31.7 Å². The average Bonchev–Trinajstić information content (AvgIpc) is 2.15. The van der Waals surface area contributed by atoms with Crippen LogP contribution in [0.4, 0.5) is 0 Å². The topological polar surface area (TPSA) is 35.5 Å². The predicted molar refractivity (Wildman–Crippen MR) is 56.1 cm³/mol. The molecule has 1 fully saturated rings. The number of aryl methyl sites for hydroxylation is 1. The smallest absolute Gasteiger partial charge is 0.188 e. The standard InChI is InChI=1S/C12H14O3/c1-9-3-2-4-10(5-9)12(13)8-15-11-6-14-7-11/h2-5,11H,6-8H2,1H3. The first-order chi connectivity index (χ1) is 7.25. The maximum atomic E-state index is 11.7. The van der Waals surface area contributed by atoms with E-state index >= 15 is 0 Å². The Balaban J connectivity index is 1.89. The Kier molecular flexibility index (Phi) is 3.14. The number of hydrogen-bond donors (Lipinski definition) is 0. The van der Waals surface area contributed by atoms with E-state index in [9.17, 15) is 4.79 Å². The maximum Gasteiger partial charge on any atom is 0.188 e. The van der Waals surface area contributed by atoms with Crippen molar-refractivity contribution in [2.24, 2.45) is 0 Å². The lowest BCUT2D eigenvalue weighted by atomic mass is 10.1. The highest BCUT2D eigenvalue weighted by molar-refractivity contribution is 5.97. The summed E-state index contributed by atoms with van der Waals surface area (Å²) in [6.45, 7) is 3.34. The van der Waals surface area contributed by atoms with E-state index in [0.717, 1.165) is 11.1 Å². The molecular formula is C12H14O3. The van der Waals surface area contributed by atoms with Crippen molar-refractivity contribution < 1.29 is 14.3 Å². The first kappa shape index (κ1) is 10.3. The van der Waals surface area contributed by atoms with Crippen LogP contribution in [0.2, 0.25) is 0 Å². The number of Topliss-reactive ketones (excluding diaryl/α,β-unsaturated/α-hetero) is 1. The summed E-state index contributed by atoms with van der Waals surface area (Å²) in [4.78, 5) is 11.7. The maximum absolute atomic E-state index is 11.7. The van der Waals surface area contributed by atoms with E-state index in [1.165, 1.54) is 0 Å². The summed E-state index contributed by atoms with van der Waals surface area (Å²) in [6, 6.07) is 7.55. The van der Waals surface area contributed by atoms with E-state index in [4.69, 9.17) is 9.47 Å². The lowest BCUT2D eigenvalue weighted by Gasteiger charge is -2.25. The molecule has 3 heteroatoms. The van der Waals surface area contributed by atoms with Crippen molar-refractivity contribution in [3.63, 3.8) is 0 Å². The molecule has 15 heavy (non-hydrogen) atoms. The number of carbonyl (C=O) groups excluding carboxylic acids is 1. The predicted octanol–water partition coefficient (Wildman–Crippen LogP) is 1.59. The Morgan fingerprint density at radius 1 is 1.53 bits per heavy atom. The fourth-order valence-corrected chi connectivity index (χ4v) is 1.41. The summed E-state index contributed by atoms with van der Waals surface area (Å²) in [5.41, 5.74) is 1.81. The van der Waals surface area contributed by atoms with Crippen LogP contribution < -0.4 is 0 Å². The second kappa shape index (κ2) is 4.55. The second-order valence-corrected chi connectivity index (χ2v) is 3.76. The number of ketones is 1. The number of hydrogen-bond acceptors (Lipinski definition) is 3. The van der Waals surface area contributed by atoms with Gasteiger partial charge >= 0.3 is 0 Å². The first-order valence-electron chi connectivity index (χ1n) is 5.05. The third-order valence-electron chi connectivity index (χ3n) is 2.40. The van der Waals surface area contributed by atoms with Gasteiger partial charge in [-0.05, 0) is 13.0 Å². The molecule has 0 aliphatic carbocycles. The van der Waals surface area contributed by atoms with Gasteiger partial charge in [-0.15, -0.1) is 0 Å². The van der Waals surface area contributed by atoms with Gasteiger partial charge in [0.2, 0.25) is 0 Å². The van der Waals surface area contributed by atoms with Gasteiger partial charge in [0.05, 0.1) is 13.2 Å². The van der Waals surface area contributed by atoms with Crippen LogP contribution in [0.1, 0.15) is 15.9 Å². The highest BCUT2D eigenvalue weighted by atomic mass is 16.6. The molecule has 0 amide bonds. The number of benzene rings is 1. The molecule has 0 radical (unpaired) electrons. The first-order valence-corrected chi connectivity index (χ1v) is 5.05. The molecule has 80 valence electrons. The van der Waals surface area contributed by atoms with Gasteiger partial charge in [0.1, 0.15) is 12.7 Å². The molecule has 1 saturated heterocycles. The van der Waals surface area contributed by atoms with Crippen LogP contribution in [0.3, 0.4) is 0 Å². The molecule has 0 atom stereocenters. The zero-order chi connectivity index (χ0) is 10.7. The van der Waals surface area contributed by atoms with E-state index in [-0.39, 0.29) is 18.5 Å². The van der Waals surface area contributed by atoms with Crippen LogP contribution in [-0.2, 0) is 9.47 Å². The monoisotopic (exact) mass is 206 g/mol. The SMILES string of the molecule is Cc1cccc(C(=O)COC2COC2)c1. The lowest BCUT2D eigenvalue weighted by molar-refractivity contribution is -0.123. The average molecular weight is 206 g/mol. The molecule has 0 aromatic heterocycles. The van der Waals surface area contributed by atoms with Crippen LogP contribution in [0.15, 0.2) is 24.3 Å². The number of ether oxygens (including phenoxy) is 2. The summed E-state index contributed by atoms with van der Waals surface area (Å²) >= 11 is 0. The largest absolute Gasteiger partial charge is 0.376 e. The van der Waals surface area contributed by atoms with Crippen molar-refractivity contribution in [1.29, 1.82) is 0 Å². The normalized spacial score (nSPS) is 16.1. The molecule has 3 nitrogen and oxygen atoms in total. The molecule has 1 heterocycles. The van der Waals surface area contributed by atoms with Gasteiger partial charge in [-0.25, -0.2) is 0 Å². The van der Waals surface area contributed by atoms with Crippen molar-refractivity contribution in [2.75, 3.05) is 19.8 Å². The van der Waals surface area contributed by atoms with Crippen LogP contribution >= 0.6 is 0 Å². The van der Waals surface area contributed by atoms with Crippen molar-refractivity contribution in [2.45, 2.75) is 13.0 Å². The van der Waals surface area contributed by atoms with E-state index < -0.39 is 0 Å². The Bertz CT molecular complexity index is 356. The van der Waals surface area contributed by atoms with Gasteiger partial charge in [-0.1, -0.05) is 23.8 Å². The van der Waals surface area contributed by atoms with E-state index in [2.05, 4.69) is 0 Å². The summed E-state index contributed by atoms with van der Waals surface area (Å²) in [5.74, 6) is 0.0330. The Labute approximate surface area is 89.0 Å². The summed E-state index contributed by atoms with van der Waals surface area (Å²) < 4.78 is 10.3. The van der Waals surface area contributed by atoms with Crippen molar-refractivity contribution in [3.05, 3.63) is 35.4 Å². The second-order valence-electron chi connectivity index (χ2n) is 3.76. The molecule has 0 N–H and O–H groups in total. The summed E-state index contributed by atoms with van der Waals surface area (Å²) in [7, 11) is 0. The highest BCUT2D eigenvalue weighted by Crippen LogP contribution is 2.08. The number of carbonyl (C=O) groups is 1. The summed E-state index contributed by atoms with van der Waals surface area (Å²) in [6.07, 6.45) is 0.110. The third-order valence-corrected chi connectivity index (χ3v) is 2.40. The van der Waals surface area contributed by atoms with Crippen molar-refractivity contribution in [1.82, 2.24) is 0 Å². The van der Waals surface area contributed by atoms with Crippen molar-refractivity contribution >= 4 is 5.78 Å². The van der Waals surface area contributed by atoms with Gasteiger partial charge in [-0.3, -0.25) is 4.79 Å². The molecule has 0 spiro atoms. The lowest BCUT2D eigenvalue weighted by Crippen LogP contribution is -2.37.